The summed E-state index contributed by atoms with van der Waals surface area (Å²) in [6.45, 7) is 6.75. The van der Waals surface area contributed by atoms with Crippen LogP contribution in [-0.2, 0) is 4.79 Å². The predicted octanol–water partition coefficient (Wildman–Crippen LogP) is 3.66. The summed E-state index contributed by atoms with van der Waals surface area (Å²) in [6, 6.07) is 13.3. The number of amides is 1. The molecule has 1 amide bonds. The van der Waals surface area contributed by atoms with Crippen LogP contribution in [0.15, 0.2) is 42.5 Å². The Morgan fingerprint density at radius 1 is 1.08 bits per heavy atom. The van der Waals surface area contributed by atoms with E-state index in [4.69, 9.17) is 14.2 Å². The average molecular weight is 357 g/mol. The van der Waals surface area contributed by atoms with Gasteiger partial charge >= 0.3 is 0 Å². The first-order valence-electron chi connectivity index (χ1n) is 8.82. The highest BCUT2D eigenvalue weighted by atomic mass is 16.5. The molecule has 0 aliphatic heterocycles. The molecule has 2 rings (SSSR count). The number of carbonyl (C=O) groups is 1. The number of rotatable bonds is 9. The Bertz CT molecular complexity index is 730. The van der Waals surface area contributed by atoms with Crippen molar-refractivity contribution in [2.75, 3.05) is 20.3 Å². The summed E-state index contributed by atoms with van der Waals surface area (Å²) in [7, 11) is 1.60. The lowest BCUT2D eigenvalue weighted by Gasteiger charge is -2.18. The van der Waals surface area contributed by atoms with Gasteiger partial charge in [0.05, 0.1) is 13.7 Å². The van der Waals surface area contributed by atoms with Crippen LogP contribution in [0, 0.1) is 13.8 Å². The summed E-state index contributed by atoms with van der Waals surface area (Å²) in [4.78, 5) is 12.3. The zero-order chi connectivity index (χ0) is 18.9. The number of carbonyl (C=O) groups excluding carboxylic acids is 1. The van der Waals surface area contributed by atoms with E-state index in [-0.39, 0.29) is 5.91 Å². The number of benzene rings is 2. The van der Waals surface area contributed by atoms with Crippen LogP contribution in [0.25, 0.3) is 0 Å². The van der Waals surface area contributed by atoms with Crippen LogP contribution in [-0.4, -0.2) is 32.3 Å². The molecule has 1 unspecified atom stereocenters. The number of methoxy groups -OCH3 is 1. The summed E-state index contributed by atoms with van der Waals surface area (Å²) >= 11 is 0. The maximum absolute atomic E-state index is 12.3. The molecule has 2 aromatic rings. The van der Waals surface area contributed by atoms with Crippen molar-refractivity contribution in [3.05, 3.63) is 53.6 Å². The number of aryl methyl sites for hydroxylation is 2. The van der Waals surface area contributed by atoms with Crippen molar-refractivity contribution in [1.29, 1.82) is 0 Å². The number of ether oxygens (including phenoxy) is 3. The van der Waals surface area contributed by atoms with E-state index in [1.807, 2.05) is 63.2 Å². The second kappa shape index (κ2) is 9.70. The van der Waals surface area contributed by atoms with Gasteiger partial charge in [0.25, 0.3) is 5.91 Å². The summed E-state index contributed by atoms with van der Waals surface area (Å²) in [5.41, 5.74) is 2.34. The zero-order valence-electron chi connectivity index (χ0n) is 15.9. The van der Waals surface area contributed by atoms with E-state index >= 15 is 0 Å². The zero-order valence-corrected chi connectivity index (χ0v) is 15.9. The maximum Gasteiger partial charge on any atom is 0.261 e. The number of para-hydroxylation sites is 2. The maximum atomic E-state index is 12.3. The fraction of sp³-hybridized carbons (Fsp3) is 0.381. The molecule has 0 aliphatic rings. The van der Waals surface area contributed by atoms with Gasteiger partial charge in [0.1, 0.15) is 12.4 Å². The topological polar surface area (TPSA) is 56.8 Å². The Morgan fingerprint density at radius 3 is 2.46 bits per heavy atom. The van der Waals surface area contributed by atoms with Crippen molar-refractivity contribution < 1.29 is 19.0 Å². The molecule has 26 heavy (non-hydrogen) atoms. The lowest BCUT2D eigenvalue weighted by Crippen LogP contribution is -2.39. The van der Waals surface area contributed by atoms with E-state index in [1.54, 1.807) is 7.11 Å². The van der Waals surface area contributed by atoms with Gasteiger partial charge in [0.2, 0.25) is 0 Å². The minimum absolute atomic E-state index is 0.144. The van der Waals surface area contributed by atoms with Gasteiger partial charge < -0.3 is 19.5 Å². The standard InChI is InChI=1S/C21H27NO4/c1-5-18(26-17-11-10-15(2)16(3)14-17)21(23)22-12-13-25-20-9-7-6-8-19(20)24-4/h6-11,14,18H,5,12-13H2,1-4H3,(H,22,23). The minimum atomic E-state index is -0.525. The molecule has 0 aromatic heterocycles. The highest BCUT2D eigenvalue weighted by molar-refractivity contribution is 5.81. The van der Waals surface area contributed by atoms with Crippen LogP contribution in [0.3, 0.4) is 0 Å². The van der Waals surface area contributed by atoms with E-state index < -0.39 is 6.10 Å². The van der Waals surface area contributed by atoms with Gasteiger partial charge in [-0.25, -0.2) is 0 Å². The molecule has 0 saturated carbocycles. The number of hydrogen-bond donors (Lipinski definition) is 1. The molecule has 1 N–H and O–H groups in total. The molecule has 5 nitrogen and oxygen atoms in total. The van der Waals surface area contributed by atoms with E-state index in [0.29, 0.717) is 36.8 Å². The van der Waals surface area contributed by atoms with Crippen molar-refractivity contribution in [3.8, 4) is 17.2 Å². The first-order valence-corrected chi connectivity index (χ1v) is 8.82. The lowest BCUT2D eigenvalue weighted by atomic mass is 10.1. The number of nitrogens with one attached hydrogen (secondary N) is 1. The molecule has 5 heteroatoms. The summed E-state index contributed by atoms with van der Waals surface area (Å²) < 4.78 is 16.7. The molecule has 0 fully saturated rings. The third-order valence-electron chi connectivity index (χ3n) is 4.15. The third-order valence-corrected chi connectivity index (χ3v) is 4.15. The molecule has 0 spiro atoms. The van der Waals surface area contributed by atoms with Crippen LogP contribution in [0.5, 0.6) is 17.2 Å². The fourth-order valence-corrected chi connectivity index (χ4v) is 2.46. The summed E-state index contributed by atoms with van der Waals surface area (Å²) in [5, 5.41) is 2.86. The first-order chi connectivity index (χ1) is 12.5. The fourth-order valence-electron chi connectivity index (χ4n) is 2.46. The van der Waals surface area contributed by atoms with Crippen molar-refractivity contribution in [2.24, 2.45) is 0 Å². The largest absolute Gasteiger partial charge is 0.493 e. The molecule has 0 saturated heterocycles. The van der Waals surface area contributed by atoms with Gasteiger partial charge in [-0.15, -0.1) is 0 Å². The Labute approximate surface area is 155 Å². The van der Waals surface area contributed by atoms with E-state index in [1.165, 1.54) is 5.56 Å². The van der Waals surface area contributed by atoms with Crippen molar-refractivity contribution in [1.82, 2.24) is 5.32 Å². The molecule has 0 heterocycles. The Balaban J connectivity index is 1.82. The first kappa shape index (κ1) is 19.6. The highest BCUT2D eigenvalue weighted by Gasteiger charge is 2.18. The Kier molecular flexibility index (Phi) is 7.33. The smallest absolute Gasteiger partial charge is 0.261 e. The second-order valence-electron chi connectivity index (χ2n) is 6.05. The average Bonchev–Trinajstić information content (AvgIpc) is 2.66. The van der Waals surface area contributed by atoms with Gasteiger partial charge in [0.15, 0.2) is 17.6 Å². The molecule has 0 radical (unpaired) electrons. The van der Waals surface area contributed by atoms with Crippen LogP contribution in [0.4, 0.5) is 0 Å². The molecule has 140 valence electrons. The van der Waals surface area contributed by atoms with Crippen molar-refractivity contribution in [2.45, 2.75) is 33.3 Å². The van der Waals surface area contributed by atoms with E-state index in [9.17, 15) is 4.79 Å². The summed E-state index contributed by atoms with van der Waals surface area (Å²) in [6.07, 6.45) is 0.0647. The summed E-state index contributed by atoms with van der Waals surface area (Å²) in [5.74, 6) is 1.89. The molecule has 0 bridgehead atoms. The van der Waals surface area contributed by atoms with Crippen LogP contribution in [0.1, 0.15) is 24.5 Å². The third kappa shape index (κ3) is 5.41. The SMILES string of the molecule is CCC(Oc1ccc(C)c(C)c1)C(=O)NCCOc1ccccc1OC. The van der Waals surface area contributed by atoms with Crippen LogP contribution >= 0.6 is 0 Å². The predicted molar refractivity (Wildman–Crippen MR) is 102 cm³/mol. The molecule has 1 atom stereocenters. The van der Waals surface area contributed by atoms with Crippen molar-refractivity contribution >= 4 is 5.91 Å². The lowest BCUT2D eigenvalue weighted by molar-refractivity contribution is -0.128. The van der Waals surface area contributed by atoms with E-state index in [2.05, 4.69) is 5.32 Å². The Morgan fingerprint density at radius 2 is 1.81 bits per heavy atom. The van der Waals surface area contributed by atoms with Gasteiger partial charge in [-0.1, -0.05) is 25.1 Å². The second-order valence-corrected chi connectivity index (χ2v) is 6.05. The number of hydrogen-bond acceptors (Lipinski definition) is 4. The van der Waals surface area contributed by atoms with E-state index in [0.717, 1.165) is 5.56 Å². The molecular weight excluding hydrogens is 330 g/mol. The molecule has 2 aromatic carbocycles. The Hall–Kier alpha value is -2.69. The van der Waals surface area contributed by atoms with Gasteiger partial charge in [-0.2, -0.15) is 0 Å². The van der Waals surface area contributed by atoms with Gasteiger partial charge in [-0.3, -0.25) is 4.79 Å². The van der Waals surface area contributed by atoms with Gasteiger partial charge in [0, 0.05) is 0 Å². The van der Waals surface area contributed by atoms with Crippen molar-refractivity contribution in [3.63, 3.8) is 0 Å². The normalized spacial score (nSPS) is 11.5. The monoisotopic (exact) mass is 357 g/mol. The molecular formula is C21H27NO4. The van der Waals surface area contributed by atoms with Crippen LogP contribution < -0.4 is 19.5 Å². The molecule has 0 aliphatic carbocycles. The quantitative estimate of drug-likeness (QED) is 0.696. The highest BCUT2D eigenvalue weighted by Crippen LogP contribution is 2.25. The minimum Gasteiger partial charge on any atom is -0.493 e. The van der Waals surface area contributed by atoms with Crippen LogP contribution in [0.2, 0.25) is 0 Å². The van der Waals surface area contributed by atoms with Gasteiger partial charge in [-0.05, 0) is 55.7 Å².